The molecule has 0 atom stereocenters. The van der Waals surface area contributed by atoms with Crippen molar-refractivity contribution < 1.29 is 14.4 Å². The Labute approximate surface area is 107 Å². The summed E-state index contributed by atoms with van der Waals surface area (Å²) < 4.78 is 0. The molecule has 0 unspecified atom stereocenters. The number of carbonyl (C=O) groups is 2. The van der Waals surface area contributed by atoms with Gasteiger partial charge in [-0.15, -0.1) is 0 Å². The lowest BCUT2D eigenvalue weighted by molar-refractivity contribution is -0.125. The Morgan fingerprint density at radius 1 is 1.11 bits per heavy atom. The van der Waals surface area contributed by atoms with Crippen molar-refractivity contribution in [3.05, 3.63) is 35.9 Å². The van der Waals surface area contributed by atoms with Gasteiger partial charge in [-0.1, -0.05) is 35.5 Å². The fraction of sp³-hybridized carbons (Fsp3) is 0.357. The molecule has 0 aliphatic heterocycles. The van der Waals surface area contributed by atoms with E-state index >= 15 is 0 Å². The Hall–Kier alpha value is -1.97. The molecule has 0 N–H and O–H groups in total. The Morgan fingerprint density at radius 2 is 1.78 bits per heavy atom. The van der Waals surface area contributed by atoms with E-state index in [1.54, 1.807) is 6.92 Å². The van der Waals surface area contributed by atoms with Crippen LogP contribution in [0, 0.1) is 0 Å². The maximum Gasteiger partial charge on any atom is 0.145 e. The first-order valence-electron chi connectivity index (χ1n) is 5.78. The highest BCUT2D eigenvalue weighted by molar-refractivity contribution is 6.07. The number of hydrogen-bond donors (Lipinski definition) is 0. The number of ketones is 2. The number of benzene rings is 1. The molecule has 96 valence electrons. The molecule has 0 saturated carbocycles. The number of nitrogens with zero attached hydrogens (tertiary/aromatic N) is 1. The van der Waals surface area contributed by atoms with Gasteiger partial charge in [0, 0.05) is 6.42 Å². The third kappa shape index (κ3) is 5.94. The maximum atomic E-state index is 11.3. The van der Waals surface area contributed by atoms with Gasteiger partial charge in [-0.2, -0.15) is 0 Å². The predicted molar refractivity (Wildman–Crippen MR) is 69.3 cm³/mol. The van der Waals surface area contributed by atoms with Crippen LogP contribution < -0.4 is 0 Å². The fourth-order valence-electron chi connectivity index (χ4n) is 1.45. The van der Waals surface area contributed by atoms with E-state index in [0.29, 0.717) is 12.3 Å². The van der Waals surface area contributed by atoms with Crippen LogP contribution in [0.25, 0.3) is 0 Å². The second-order valence-electron chi connectivity index (χ2n) is 4.18. The number of carbonyl (C=O) groups excluding carboxylic acids is 2. The molecule has 0 aliphatic carbocycles. The van der Waals surface area contributed by atoms with Crippen LogP contribution in [0.5, 0.6) is 0 Å². The van der Waals surface area contributed by atoms with E-state index in [4.69, 9.17) is 4.84 Å². The van der Waals surface area contributed by atoms with Crippen molar-refractivity contribution in [1.82, 2.24) is 0 Å². The summed E-state index contributed by atoms with van der Waals surface area (Å²) >= 11 is 0. The number of hydrogen-bond acceptors (Lipinski definition) is 4. The van der Waals surface area contributed by atoms with E-state index in [9.17, 15) is 9.59 Å². The molecular formula is C14H17NO3. The minimum atomic E-state index is -0.132. The van der Waals surface area contributed by atoms with E-state index in [1.807, 2.05) is 30.3 Å². The molecule has 0 aromatic heterocycles. The molecule has 0 aliphatic rings. The molecule has 1 aromatic rings. The quantitative estimate of drug-likeness (QED) is 0.422. The molecule has 18 heavy (non-hydrogen) atoms. The Morgan fingerprint density at radius 3 is 2.39 bits per heavy atom. The van der Waals surface area contributed by atoms with E-state index in [-0.39, 0.29) is 24.4 Å². The molecule has 4 nitrogen and oxygen atoms in total. The van der Waals surface area contributed by atoms with Gasteiger partial charge in [-0.05, 0) is 19.4 Å². The van der Waals surface area contributed by atoms with Crippen LogP contribution in [0.2, 0.25) is 0 Å². The van der Waals surface area contributed by atoms with Gasteiger partial charge in [0.1, 0.15) is 18.2 Å². The standard InChI is InChI=1S/C14H17NO3/c1-11(8-14(17)9-12(2)16)15-18-10-13-6-4-3-5-7-13/h3-7H,8-10H2,1-2H3/b15-11+. The van der Waals surface area contributed by atoms with Gasteiger partial charge in [0.25, 0.3) is 0 Å². The molecule has 0 amide bonds. The van der Waals surface area contributed by atoms with Crippen molar-refractivity contribution in [2.45, 2.75) is 33.3 Å². The highest BCUT2D eigenvalue weighted by Crippen LogP contribution is 2.02. The zero-order valence-electron chi connectivity index (χ0n) is 10.7. The molecule has 0 bridgehead atoms. The SMILES string of the molecule is CC(=O)CC(=O)C/C(C)=N/OCc1ccccc1. The first kappa shape index (κ1) is 14.1. The molecule has 0 spiro atoms. The highest BCUT2D eigenvalue weighted by Gasteiger charge is 2.07. The molecule has 0 heterocycles. The van der Waals surface area contributed by atoms with Gasteiger partial charge >= 0.3 is 0 Å². The van der Waals surface area contributed by atoms with E-state index in [2.05, 4.69) is 5.16 Å². The second-order valence-corrected chi connectivity index (χ2v) is 4.18. The van der Waals surface area contributed by atoms with Gasteiger partial charge in [-0.3, -0.25) is 9.59 Å². The van der Waals surface area contributed by atoms with Crippen molar-refractivity contribution in [2.75, 3.05) is 0 Å². The van der Waals surface area contributed by atoms with Crippen LogP contribution in [0.4, 0.5) is 0 Å². The largest absolute Gasteiger partial charge is 0.391 e. The smallest absolute Gasteiger partial charge is 0.145 e. The second kappa shape index (κ2) is 7.37. The number of oxime groups is 1. The lowest BCUT2D eigenvalue weighted by Gasteiger charge is -2.01. The summed E-state index contributed by atoms with van der Waals surface area (Å²) in [5, 5.41) is 3.85. The molecule has 0 fully saturated rings. The minimum Gasteiger partial charge on any atom is -0.391 e. The van der Waals surface area contributed by atoms with E-state index < -0.39 is 0 Å². The van der Waals surface area contributed by atoms with Crippen LogP contribution in [0.1, 0.15) is 32.3 Å². The van der Waals surface area contributed by atoms with Crippen molar-refractivity contribution in [3.8, 4) is 0 Å². The third-order valence-electron chi connectivity index (χ3n) is 2.19. The zero-order chi connectivity index (χ0) is 13.4. The summed E-state index contributed by atoms with van der Waals surface area (Å²) in [6.45, 7) is 3.48. The van der Waals surface area contributed by atoms with Crippen LogP contribution in [-0.2, 0) is 21.0 Å². The van der Waals surface area contributed by atoms with Gasteiger partial charge in [0.15, 0.2) is 0 Å². The van der Waals surface area contributed by atoms with Crippen molar-refractivity contribution >= 4 is 17.3 Å². The van der Waals surface area contributed by atoms with Crippen LogP contribution in [-0.4, -0.2) is 17.3 Å². The first-order chi connectivity index (χ1) is 8.58. The molecular weight excluding hydrogens is 230 g/mol. The maximum absolute atomic E-state index is 11.3. The van der Waals surface area contributed by atoms with Crippen molar-refractivity contribution in [1.29, 1.82) is 0 Å². The summed E-state index contributed by atoms with van der Waals surface area (Å²) in [6, 6.07) is 9.65. The molecule has 1 aromatic carbocycles. The van der Waals surface area contributed by atoms with Crippen LogP contribution in [0.3, 0.4) is 0 Å². The number of rotatable bonds is 7. The monoisotopic (exact) mass is 247 g/mol. The lowest BCUT2D eigenvalue weighted by atomic mass is 10.1. The number of Topliss-reactive ketones (excluding diaryl/α,β-unsaturated/α-hetero) is 2. The normalized spacial score (nSPS) is 11.1. The summed E-state index contributed by atoms with van der Waals surface area (Å²) in [7, 11) is 0. The summed E-state index contributed by atoms with van der Waals surface area (Å²) in [5.74, 6) is -0.259. The average Bonchev–Trinajstić information content (AvgIpc) is 2.29. The van der Waals surface area contributed by atoms with Crippen molar-refractivity contribution in [3.63, 3.8) is 0 Å². The topological polar surface area (TPSA) is 55.7 Å². The van der Waals surface area contributed by atoms with Gasteiger partial charge < -0.3 is 4.84 Å². The molecule has 0 saturated heterocycles. The summed E-state index contributed by atoms with van der Waals surface area (Å²) in [4.78, 5) is 27.2. The summed E-state index contributed by atoms with van der Waals surface area (Å²) in [6.07, 6.45) is 0.125. The Bertz CT molecular complexity index is 438. The van der Waals surface area contributed by atoms with Crippen LogP contribution in [0.15, 0.2) is 35.5 Å². The predicted octanol–water partition coefficient (Wildman–Crippen LogP) is 2.52. The van der Waals surface area contributed by atoms with Gasteiger partial charge in [0.2, 0.25) is 0 Å². The molecule has 1 rings (SSSR count). The molecule has 0 radical (unpaired) electrons. The molecule has 4 heteroatoms. The fourth-order valence-corrected chi connectivity index (χ4v) is 1.45. The third-order valence-corrected chi connectivity index (χ3v) is 2.19. The average molecular weight is 247 g/mol. The van der Waals surface area contributed by atoms with E-state index in [0.717, 1.165) is 5.56 Å². The van der Waals surface area contributed by atoms with E-state index in [1.165, 1.54) is 6.92 Å². The van der Waals surface area contributed by atoms with Crippen LogP contribution >= 0.6 is 0 Å². The van der Waals surface area contributed by atoms with Gasteiger partial charge in [0.05, 0.1) is 12.1 Å². The highest BCUT2D eigenvalue weighted by atomic mass is 16.6. The Kier molecular flexibility index (Phi) is 5.77. The van der Waals surface area contributed by atoms with Crippen molar-refractivity contribution in [2.24, 2.45) is 5.16 Å². The zero-order valence-corrected chi connectivity index (χ0v) is 10.7. The van der Waals surface area contributed by atoms with Gasteiger partial charge in [-0.25, -0.2) is 0 Å². The lowest BCUT2D eigenvalue weighted by Crippen LogP contribution is -2.09. The first-order valence-corrected chi connectivity index (χ1v) is 5.78. The summed E-state index contributed by atoms with van der Waals surface area (Å²) in [5.41, 5.74) is 1.60. The minimum absolute atomic E-state index is 0.0362. The Balaban J connectivity index is 2.34.